The van der Waals surface area contributed by atoms with Gasteiger partial charge >= 0.3 is 0 Å². The van der Waals surface area contributed by atoms with Crippen molar-refractivity contribution in [3.05, 3.63) is 59.0 Å². The molecule has 2 aromatic rings. The fraction of sp³-hybridized carbons (Fsp3) is 0.375. The first kappa shape index (κ1) is 23.3. The minimum absolute atomic E-state index is 0.0133. The Kier molecular flexibility index (Phi) is 7.48. The molecular formula is C24H30N4O4. The van der Waals surface area contributed by atoms with E-state index in [1.165, 1.54) is 0 Å². The smallest absolute Gasteiger partial charge is 0.225 e. The van der Waals surface area contributed by atoms with E-state index in [1.54, 1.807) is 33.7 Å². The summed E-state index contributed by atoms with van der Waals surface area (Å²) in [4.78, 5) is 31.6. The van der Waals surface area contributed by atoms with Crippen molar-refractivity contribution in [3.63, 3.8) is 0 Å². The highest BCUT2D eigenvalue weighted by Gasteiger charge is 2.33. The highest BCUT2D eigenvalue weighted by atomic mass is 16.5. The average Bonchev–Trinajstić information content (AvgIpc) is 2.78. The normalized spacial score (nSPS) is 14.5. The molecule has 0 bridgehead atoms. The Hall–Kier alpha value is -3.39. The van der Waals surface area contributed by atoms with Crippen molar-refractivity contribution in [1.29, 1.82) is 0 Å². The van der Waals surface area contributed by atoms with Crippen molar-refractivity contribution >= 4 is 17.8 Å². The van der Waals surface area contributed by atoms with Gasteiger partial charge < -0.3 is 19.7 Å². The molecule has 2 heterocycles. The van der Waals surface area contributed by atoms with Crippen LogP contribution in [-0.4, -0.2) is 75.4 Å². The average molecular weight is 439 g/mol. The zero-order valence-electron chi connectivity index (χ0n) is 19.2. The number of hydrogen-bond acceptors (Lipinski definition) is 7. The molecule has 1 aliphatic rings. The van der Waals surface area contributed by atoms with E-state index in [0.29, 0.717) is 36.7 Å². The van der Waals surface area contributed by atoms with Crippen molar-refractivity contribution in [3.8, 4) is 11.5 Å². The molecule has 1 fully saturated rings. The minimum atomic E-state index is 0.0133. The number of hydrogen-bond donors (Lipinski definition) is 1. The summed E-state index contributed by atoms with van der Waals surface area (Å²) in [5.41, 5.74) is 3.91. The second kappa shape index (κ2) is 10.3. The van der Waals surface area contributed by atoms with Gasteiger partial charge in [-0.15, -0.1) is 0 Å². The van der Waals surface area contributed by atoms with Crippen LogP contribution in [0.15, 0.2) is 36.8 Å². The van der Waals surface area contributed by atoms with Crippen molar-refractivity contribution in [2.24, 2.45) is 5.92 Å². The van der Waals surface area contributed by atoms with E-state index < -0.39 is 0 Å². The minimum Gasteiger partial charge on any atom is -0.496 e. The Bertz CT molecular complexity index is 988. The number of rotatable bonds is 9. The van der Waals surface area contributed by atoms with Crippen LogP contribution in [0.2, 0.25) is 0 Å². The summed E-state index contributed by atoms with van der Waals surface area (Å²) in [5, 5.41) is 2.70. The number of aromatic nitrogens is 1. The van der Waals surface area contributed by atoms with Gasteiger partial charge in [-0.1, -0.05) is 0 Å². The molecule has 1 aliphatic heterocycles. The predicted octanol–water partition coefficient (Wildman–Crippen LogP) is 2.04. The lowest BCUT2D eigenvalue weighted by atomic mass is 9.93. The van der Waals surface area contributed by atoms with Gasteiger partial charge in [0, 0.05) is 70.5 Å². The van der Waals surface area contributed by atoms with Gasteiger partial charge in [-0.05, 0) is 29.3 Å². The lowest BCUT2D eigenvalue weighted by Gasteiger charge is -2.38. The summed E-state index contributed by atoms with van der Waals surface area (Å²) in [5.74, 6) is 1.46. The van der Waals surface area contributed by atoms with E-state index in [4.69, 9.17) is 9.47 Å². The van der Waals surface area contributed by atoms with Crippen LogP contribution in [0, 0.1) is 5.92 Å². The number of aldehydes is 1. The second-order valence-electron chi connectivity index (χ2n) is 7.95. The molecule has 1 aromatic carbocycles. The molecule has 32 heavy (non-hydrogen) atoms. The fourth-order valence-electron chi connectivity index (χ4n) is 3.89. The maximum absolute atomic E-state index is 11.8. The third kappa shape index (κ3) is 4.91. The summed E-state index contributed by atoms with van der Waals surface area (Å²) in [7, 11) is 8.77. The van der Waals surface area contributed by atoms with E-state index in [1.807, 2.05) is 43.4 Å². The molecule has 0 spiro atoms. The number of carbonyl (C=O) groups excluding carboxylic acids is 2. The van der Waals surface area contributed by atoms with E-state index in [-0.39, 0.29) is 11.8 Å². The third-order valence-corrected chi connectivity index (χ3v) is 5.53. The fourth-order valence-corrected chi connectivity index (χ4v) is 3.89. The molecule has 0 unspecified atom stereocenters. The molecule has 1 saturated heterocycles. The van der Waals surface area contributed by atoms with Gasteiger partial charge in [-0.25, -0.2) is 0 Å². The highest BCUT2D eigenvalue weighted by Crippen LogP contribution is 2.37. The Labute approximate surface area is 188 Å². The van der Waals surface area contributed by atoms with Crippen LogP contribution in [0.3, 0.4) is 0 Å². The summed E-state index contributed by atoms with van der Waals surface area (Å²) in [6.45, 7) is 2.00. The van der Waals surface area contributed by atoms with Gasteiger partial charge in [-0.3, -0.25) is 19.5 Å². The van der Waals surface area contributed by atoms with Gasteiger partial charge in [0.15, 0.2) is 6.29 Å². The summed E-state index contributed by atoms with van der Waals surface area (Å²) >= 11 is 0. The summed E-state index contributed by atoms with van der Waals surface area (Å²) in [6.07, 6.45) is 5.99. The number of pyridine rings is 1. The molecule has 170 valence electrons. The maximum atomic E-state index is 11.8. The van der Waals surface area contributed by atoms with E-state index >= 15 is 0 Å². The molecular weight excluding hydrogens is 408 g/mol. The van der Waals surface area contributed by atoms with Gasteiger partial charge in [-0.2, -0.15) is 0 Å². The Morgan fingerprint density at radius 1 is 1.25 bits per heavy atom. The third-order valence-electron chi connectivity index (χ3n) is 5.53. The van der Waals surface area contributed by atoms with E-state index in [0.717, 1.165) is 28.5 Å². The Morgan fingerprint density at radius 3 is 2.44 bits per heavy atom. The lowest BCUT2D eigenvalue weighted by molar-refractivity contribution is -0.129. The van der Waals surface area contributed by atoms with Gasteiger partial charge in [0.25, 0.3) is 0 Å². The second-order valence-corrected chi connectivity index (χ2v) is 7.95. The first-order valence-electron chi connectivity index (χ1n) is 10.4. The van der Waals surface area contributed by atoms with Crippen molar-refractivity contribution in [2.75, 3.05) is 48.5 Å². The number of nitrogens with one attached hydrogen (secondary N) is 1. The first-order chi connectivity index (χ1) is 15.4. The molecule has 8 nitrogen and oxygen atoms in total. The molecule has 0 saturated carbocycles. The van der Waals surface area contributed by atoms with E-state index in [9.17, 15) is 9.59 Å². The van der Waals surface area contributed by atoms with Gasteiger partial charge in [0.05, 0.1) is 25.7 Å². The highest BCUT2D eigenvalue weighted by molar-refractivity contribution is 5.91. The zero-order valence-corrected chi connectivity index (χ0v) is 19.2. The Morgan fingerprint density at radius 2 is 1.91 bits per heavy atom. The topological polar surface area (TPSA) is 84.0 Å². The monoisotopic (exact) mass is 438 g/mol. The largest absolute Gasteiger partial charge is 0.496 e. The molecule has 0 radical (unpaired) electrons. The quantitative estimate of drug-likeness (QED) is 0.600. The maximum Gasteiger partial charge on any atom is 0.225 e. The molecule has 1 aromatic heterocycles. The number of likely N-dealkylation sites (tertiary alicyclic amines) is 1. The number of methoxy groups -OCH3 is 2. The SMILES string of the molecule is CNC(=O)C1CN(Cc2c(OC)cc(/C(=C/N(C)C)c3ccncc3C=O)cc2OC)C1. The van der Waals surface area contributed by atoms with E-state index in [2.05, 4.69) is 15.2 Å². The van der Waals surface area contributed by atoms with Crippen molar-refractivity contribution in [2.45, 2.75) is 6.54 Å². The lowest BCUT2D eigenvalue weighted by Crippen LogP contribution is -2.52. The van der Waals surface area contributed by atoms with Crippen molar-refractivity contribution < 1.29 is 19.1 Å². The first-order valence-corrected chi connectivity index (χ1v) is 10.4. The summed E-state index contributed by atoms with van der Waals surface area (Å²) < 4.78 is 11.5. The van der Waals surface area contributed by atoms with Gasteiger partial charge in [0.2, 0.25) is 5.91 Å². The summed E-state index contributed by atoms with van der Waals surface area (Å²) in [6, 6.07) is 5.74. The molecule has 1 amide bonds. The molecule has 0 aliphatic carbocycles. The molecule has 0 atom stereocenters. The van der Waals surface area contributed by atoms with Crippen LogP contribution in [0.5, 0.6) is 11.5 Å². The Balaban J connectivity index is 2.00. The standard InChI is InChI=1S/C24H30N4O4/c1-25-24(30)18-11-28(12-18)14-21-22(31-4)8-16(9-23(21)32-5)20(13-27(2)3)19-6-7-26-10-17(19)15-29/h6-10,13,15,18H,11-12,14H2,1-5H3,(H,25,30)/b20-13-. The zero-order chi connectivity index (χ0) is 23.3. The predicted molar refractivity (Wildman–Crippen MR) is 123 cm³/mol. The number of carbonyl (C=O) groups is 2. The molecule has 1 N–H and O–H groups in total. The van der Waals surface area contributed by atoms with Crippen LogP contribution in [0.1, 0.15) is 27.0 Å². The number of nitrogens with zero attached hydrogens (tertiary/aromatic N) is 3. The number of amides is 1. The van der Waals surface area contributed by atoms with Crippen LogP contribution >= 0.6 is 0 Å². The van der Waals surface area contributed by atoms with Crippen LogP contribution in [0.4, 0.5) is 0 Å². The number of ether oxygens (including phenoxy) is 2. The molecule has 8 heteroatoms. The van der Waals surface area contributed by atoms with Crippen molar-refractivity contribution in [1.82, 2.24) is 20.1 Å². The van der Waals surface area contributed by atoms with Crippen LogP contribution < -0.4 is 14.8 Å². The van der Waals surface area contributed by atoms with Crippen LogP contribution in [0.25, 0.3) is 5.57 Å². The van der Waals surface area contributed by atoms with Crippen LogP contribution in [-0.2, 0) is 11.3 Å². The molecule has 3 rings (SSSR count). The number of benzene rings is 1. The van der Waals surface area contributed by atoms with Gasteiger partial charge in [0.1, 0.15) is 11.5 Å².